The van der Waals surface area contributed by atoms with E-state index in [-0.39, 0.29) is 0 Å². The molecular weight excluding hydrogens is 458 g/mol. The van der Waals surface area contributed by atoms with Gasteiger partial charge in [0.15, 0.2) is 0 Å². The number of nitrogens with zero attached hydrogens (tertiary/aromatic N) is 3. The number of carbonyl (C=O) groups is 2. The van der Waals surface area contributed by atoms with E-state index in [1.807, 2.05) is 49.6 Å². The number of hydrogen-bond acceptors (Lipinski definition) is 5. The number of carbonyl (C=O) groups excluding carboxylic acids is 2. The van der Waals surface area contributed by atoms with E-state index < -0.39 is 43.3 Å². The van der Waals surface area contributed by atoms with E-state index in [4.69, 9.17) is 5.26 Å². The van der Waals surface area contributed by atoms with Crippen molar-refractivity contribution in [2.75, 3.05) is 19.3 Å². The summed E-state index contributed by atoms with van der Waals surface area (Å²) in [4.78, 5) is 31.8. The molecule has 6 nitrogen and oxygen atoms in total. The minimum atomic E-state index is -3.11. The normalized spacial score (nSPS) is 16.9. The smallest absolute Gasteiger partial charge is 0.268 e. The van der Waals surface area contributed by atoms with Crippen LogP contribution in [0.15, 0.2) is 53.6 Å². The zero-order valence-electron chi connectivity index (χ0n) is 18.6. The van der Waals surface area contributed by atoms with Gasteiger partial charge < -0.3 is 10.2 Å². The molecule has 2 heterocycles. The largest absolute Gasteiger partial charge is 0.343 e. The lowest BCUT2D eigenvalue weighted by atomic mass is 9.94. The molecule has 2 aromatic carbocycles. The Bertz CT molecular complexity index is 1300. The van der Waals surface area contributed by atoms with Crippen LogP contribution in [-0.4, -0.2) is 53.0 Å². The second kappa shape index (κ2) is 9.39. The number of aryl methyl sites for hydroxylation is 1. The lowest BCUT2D eigenvalue weighted by Gasteiger charge is -2.19. The fraction of sp³-hybridized carbons (Fsp3) is 0.280. The van der Waals surface area contributed by atoms with Crippen LogP contribution in [-0.2, 0) is 4.79 Å². The number of likely N-dealkylation sites (tertiary alicyclic amines) is 1. The molecule has 0 bridgehead atoms. The summed E-state index contributed by atoms with van der Waals surface area (Å²) in [5.41, 5.74) is 3.78. The molecular formula is C25H22F2N4O2S. The molecule has 34 heavy (non-hydrogen) atoms. The van der Waals surface area contributed by atoms with Gasteiger partial charge in [-0.3, -0.25) is 14.6 Å². The van der Waals surface area contributed by atoms with E-state index >= 15 is 0 Å². The SMILES string of the molecule is CSc1ccc(-c2ccc3nccc(C(=O)NCC(=O)N4CC(F)(F)C[C@H]4C#N)c3c2C)cc1. The Balaban J connectivity index is 1.59. The van der Waals surface area contributed by atoms with Crippen molar-refractivity contribution >= 4 is 34.5 Å². The summed E-state index contributed by atoms with van der Waals surface area (Å²) in [6, 6.07) is 14.0. The summed E-state index contributed by atoms with van der Waals surface area (Å²) in [5, 5.41) is 12.3. The summed E-state index contributed by atoms with van der Waals surface area (Å²) >= 11 is 1.65. The highest BCUT2D eigenvalue weighted by atomic mass is 32.2. The minimum absolute atomic E-state index is 0.335. The Morgan fingerprint density at radius 2 is 1.97 bits per heavy atom. The van der Waals surface area contributed by atoms with Gasteiger partial charge in [-0.25, -0.2) is 8.78 Å². The van der Waals surface area contributed by atoms with Crippen LogP contribution in [0.25, 0.3) is 22.0 Å². The maximum Gasteiger partial charge on any atom is 0.268 e. The monoisotopic (exact) mass is 480 g/mol. The number of hydrogen-bond donors (Lipinski definition) is 1. The van der Waals surface area contributed by atoms with Crippen molar-refractivity contribution in [3.05, 3.63) is 59.8 Å². The second-order valence-corrected chi connectivity index (χ2v) is 9.01. The van der Waals surface area contributed by atoms with Crippen LogP contribution in [0.3, 0.4) is 0 Å². The summed E-state index contributed by atoms with van der Waals surface area (Å²) in [6.45, 7) is 0.606. The van der Waals surface area contributed by atoms with E-state index in [1.165, 1.54) is 6.20 Å². The first kappa shape index (κ1) is 23.6. The van der Waals surface area contributed by atoms with Crippen molar-refractivity contribution in [2.24, 2.45) is 0 Å². The summed E-state index contributed by atoms with van der Waals surface area (Å²) < 4.78 is 27.3. The molecule has 1 aliphatic heterocycles. The van der Waals surface area contributed by atoms with Crippen LogP contribution in [0.4, 0.5) is 8.78 Å². The highest BCUT2D eigenvalue weighted by Crippen LogP contribution is 2.33. The fourth-order valence-corrected chi connectivity index (χ4v) is 4.65. The first-order valence-electron chi connectivity index (χ1n) is 10.6. The van der Waals surface area contributed by atoms with Gasteiger partial charge in [0.25, 0.3) is 11.8 Å². The Hall–Kier alpha value is -3.51. The van der Waals surface area contributed by atoms with Gasteiger partial charge in [0.2, 0.25) is 5.91 Å². The number of nitriles is 1. The number of pyridine rings is 1. The topological polar surface area (TPSA) is 86.1 Å². The zero-order chi connectivity index (χ0) is 24.5. The predicted molar refractivity (Wildman–Crippen MR) is 127 cm³/mol. The number of thioether (sulfide) groups is 1. The predicted octanol–water partition coefficient (Wildman–Crippen LogP) is 4.42. The lowest BCUT2D eigenvalue weighted by Crippen LogP contribution is -2.43. The van der Waals surface area contributed by atoms with Crippen molar-refractivity contribution in [1.29, 1.82) is 5.26 Å². The van der Waals surface area contributed by atoms with Crippen LogP contribution < -0.4 is 5.32 Å². The number of alkyl halides is 2. The highest BCUT2D eigenvalue weighted by molar-refractivity contribution is 7.98. The minimum Gasteiger partial charge on any atom is -0.343 e. The third kappa shape index (κ3) is 4.59. The third-order valence-corrected chi connectivity index (χ3v) is 6.70. The molecule has 1 saturated heterocycles. The van der Waals surface area contributed by atoms with E-state index in [0.717, 1.165) is 26.5 Å². The quantitative estimate of drug-likeness (QED) is 0.547. The molecule has 1 aromatic heterocycles. The van der Waals surface area contributed by atoms with Gasteiger partial charge in [-0.1, -0.05) is 18.2 Å². The molecule has 1 N–H and O–H groups in total. The Morgan fingerprint density at radius 1 is 1.24 bits per heavy atom. The zero-order valence-corrected chi connectivity index (χ0v) is 19.5. The Morgan fingerprint density at radius 3 is 2.65 bits per heavy atom. The molecule has 0 unspecified atom stereocenters. The third-order valence-electron chi connectivity index (χ3n) is 5.95. The van der Waals surface area contributed by atoms with Crippen molar-refractivity contribution in [2.45, 2.75) is 30.2 Å². The van der Waals surface area contributed by atoms with Crippen LogP contribution in [0.1, 0.15) is 22.3 Å². The lowest BCUT2D eigenvalue weighted by molar-refractivity contribution is -0.131. The molecule has 1 atom stereocenters. The van der Waals surface area contributed by atoms with Crippen LogP contribution >= 0.6 is 11.8 Å². The van der Waals surface area contributed by atoms with Crippen LogP contribution in [0, 0.1) is 18.3 Å². The van der Waals surface area contributed by atoms with E-state index in [2.05, 4.69) is 10.3 Å². The standard InChI is InChI=1S/C25H22F2N4O2S/c1-15-19(16-3-5-18(34-2)6-4-16)7-8-21-23(15)20(9-10-29-21)24(33)30-13-22(32)31-14-25(26,27)11-17(31)12-28/h3-10,17H,11,13-14H2,1-2H3,(H,30,33)/t17-/m0/s1. The summed E-state index contributed by atoms with van der Waals surface area (Å²) in [5.74, 6) is -4.34. The Kier molecular flexibility index (Phi) is 6.53. The molecule has 1 fully saturated rings. The molecule has 3 aromatic rings. The molecule has 9 heteroatoms. The second-order valence-electron chi connectivity index (χ2n) is 8.13. The number of rotatable bonds is 5. The molecule has 2 amide bonds. The first-order chi connectivity index (χ1) is 16.2. The van der Waals surface area contributed by atoms with Gasteiger partial charge in [-0.2, -0.15) is 5.26 Å². The molecule has 0 radical (unpaired) electrons. The van der Waals surface area contributed by atoms with Gasteiger partial charge in [0.1, 0.15) is 6.04 Å². The molecule has 0 saturated carbocycles. The van der Waals surface area contributed by atoms with Crippen molar-refractivity contribution in [1.82, 2.24) is 15.2 Å². The first-order valence-corrected chi connectivity index (χ1v) is 11.8. The van der Waals surface area contributed by atoms with Crippen molar-refractivity contribution in [3.63, 3.8) is 0 Å². The van der Waals surface area contributed by atoms with Crippen LogP contribution in [0.5, 0.6) is 0 Å². The molecule has 174 valence electrons. The van der Waals surface area contributed by atoms with Crippen LogP contribution in [0.2, 0.25) is 0 Å². The van der Waals surface area contributed by atoms with E-state index in [9.17, 15) is 18.4 Å². The molecule has 4 rings (SSSR count). The van der Waals surface area contributed by atoms with Crippen molar-refractivity contribution < 1.29 is 18.4 Å². The molecule has 0 aliphatic carbocycles. The molecule has 0 spiro atoms. The number of halogens is 2. The number of aromatic nitrogens is 1. The number of benzene rings is 2. The number of amides is 2. The number of nitrogens with one attached hydrogen (secondary N) is 1. The maximum atomic E-state index is 13.7. The molecule has 1 aliphatic rings. The van der Waals surface area contributed by atoms with Gasteiger partial charge in [-0.15, -0.1) is 11.8 Å². The Labute approximate surface area is 200 Å². The van der Waals surface area contributed by atoms with E-state index in [1.54, 1.807) is 23.9 Å². The highest BCUT2D eigenvalue weighted by Gasteiger charge is 2.47. The fourth-order valence-electron chi connectivity index (χ4n) is 4.24. The van der Waals surface area contributed by atoms with E-state index in [0.29, 0.717) is 16.5 Å². The van der Waals surface area contributed by atoms with Gasteiger partial charge >= 0.3 is 0 Å². The summed E-state index contributed by atoms with van der Waals surface area (Å²) in [7, 11) is 0. The average molecular weight is 481 g/mol. The van der Waals surface area contributed by atoms with Crippen molar-refractivity contribution in [3.8, 4) is 17.2 Å². The number of fused-ring (bicyclic) bond motifs is 1. The maximum absolute atomic E-state index is 13.7. The van der Waals surface area contributed by atoms with Gasteiger partial charge in [-0.05, 0) is 54.1 Å². The average Bonchev–Trinajstić information content (AvgIpc) is 3.17. The van der Waals surface area contributed by atoms with Gasteiger partial charge in [0.05, 0.1) is 30.2 Å². The van der Waals surface area contributed by atoms with Gasteiger partial charge in [0, 0.05) is 22.9 Å². The summed E-state index contributed by atoms with van der Waals surface area (Å²) in [6.07, 6.45) is 2.82.